The topological polar surface area (TPSA) is 40.7 Å². The number of anilines is 1. The summed E-state index contributed by atoms with van der Waals surface area (Å²) in [5.74, 6) is -1.28. The third-order valence-electron chi connectivity index (χ3n) is 2.98. The lowest BCUT2D eigenvalue weighted by atomic mass is 10.2. The Labute approximate surface area is 128 Å². The van der Waals surface area contributed by atoms with Gasteiger partial charge in [-0.25, -0.2) is 9.37 Å². The lowest BCUT2D eigenvalue weighted by Gasteiger charge is -2.06. The van der Waals surface area contributed by atoms with Crippen LogP contribution in [0, 0.1) is 18.7 Å². The van der Waals surface area contributed by atoms with Crippen molar-refractivity contribution in [2.45, 2.75) is 11.8 Å². The first kappa shape index (κ1) is 14.2. The van der Waals surface area contributed by atoms with E-state index in [4.69, 9.17) is 11.6 Å². The molecule has 7 heteroatoms. The summed E-state index contributed by atoms with van der Waals surface area (Å²) in [5, 5.41) is 1.57. The Bertz CT molecular complexity index is 819. The maximum Gasteiger partial charge on any atom is 0.237 e. The maximum absolute atomic E-state index is 13.6. The summed E-state index contributed by atoms with van der Waals surface area (Å²) in [6.07, 6.45) is 1.77. The molecule has 0 aliphatic heterocycles. The fourth-order valence-corrected chi connectivity index (χ4v) is 2.83. The Morgan fingerprint density at radius 1 is 1.29 bits per heavy atom. The monoisotopic (exact) mass is 325 g/mol. The van der Waals surface area contributed by atoms with E-state index in [1.54, 1.807) is 18.3 Å². The summed E-state index contributed by atoms with van der Waals surface area (Å²) in [6.45, 7) is 1.42. The first-order chi connectivity index (χ1) is 10.0. The van der Waals surface area contributed by atoms with Gasteiger partial charge in [-0.1, -0.05) is 17.7 Å². The molecule has 1 aromatic carbocycles. The molecule has 0 fully saturated rings. The molecule has 0 unspecified atom stereocenters. The SMILES string of the molecule is Cc1nc(F)c(NSc2c[nH]c3cc(Cl)ccc23)cc1F. The summed E-state index contributed by atoms with van der Waals surface area (Å²) in [7, 11) is 0. The van der Waals surface area contributed by atoms with Gasteiger partial charge in [-0.05, 0) is 31.0 Å². The van der Waals surface area contributed by atoms with Crippen molar-refractivity contribution in [2.24, 2.45) is 0 Å². The van der Waals surface area contributed by atoms with Crippen LogP contribution in [-0.2, 0) is 0 Å². The number of hydrogen-bond donors (Lipinski definition) is 2. The number of nitrogens with one attached hydrogen (secondary N) is 2. The molecule has 2 aromatic heterocycles. The second kappa shape index (κ2) is 5.54. The molecule has 108 valence electrons. The van der Waals surface area contributed by atoms with Crippen molar-refractivity contribution in [3.8, 4) is 0 Å². The molecule has 0 spiro atoms. The molecule has 0 aliphatic rings. The van der Waals surface area contributed by atoms with E-state index >= 15 is 0 Å². The number of rotatable bonds is 3. The number of H-pyrrole nitrogens is 1. The smallest absolute Gasteiger partial charge is 0.237 e. The van der Waals surface area contributed by atoms with Crippen LogP contribution < -0.4 is 4.72 Å². The zero-order valence-corrected chi connectivity index (χ0v) is 12.4. The second-order valence-corrected chi connectivity index (χ2v) is 5.73. The number of fused-ring (bicyclic) bond motifs is 1. The van der Waals surface area contributed by atoms with E-state index in [-0.39, 0.29) is 11.4 Å². The molecule has 21 heavy (non-hydrogen) atoms. The summed E-state index contributed by atoms with van der Waals surface area (Å²) >= 11 is 7.09. The molecule has 3 nitrogen and oxygen atoms in total. The zero-order valence-electron chi connectivity index (χ0n) is 10.9. The van der Waals surface area contributed by atoms with Gasteiger partial charge in [0.2, 0.25) is 5.95 Å². The van der Waals surface area contributed by atoms with Gasteiger partial charge in [-0.3, -0.25) is 0 Å². The van der Waals surface area contributed by atoms with Gasteiger partial charge in [0.15, 0.2) is 0 Å². The standard InChI is InChI=1S/C14H10ClF2N3S/c1-7-10(16)5-12(14(17)19-7)20-21-13-6-18-11-4-8(15)2-3-9(11)13/h2-6,18,20H,1H3. The second-order valence-electron chi connectivity index (χ2n) is 4.44. The molecule has 2 N–H and O–H groups in total. The highest BCUT2D eigenvalue weighted by atomic mass is 35.5. The molecule has 0 amide bonds. The molecule has 0 aliphatic carbocycles. The van der Waals surface area contributed by atoms with Crippen LogP contribution in [0.2, 0.25) is 5.02 Å². The summed E-state index contributed by atoms with van der Waals surface area (Å²) in [4.78, 5) is 7.42. The zero-order chi connectivity index (χ0) is 15.0. The number of nitrogens with zero attached hydrogens (tertiary/aromatic N) is 1. The van der Waals surface area contributed by atoms with Crippen molar-refractivity contribution in [2.75, 3.05) is 4.72 Å². The first-order valence-electron chi connectivity index (χ1n) is 6.07. The molecular weight excluding hydrogens is 316 g/mol. The molecule has 2 heterocycles. The summed E-state index contributed by atoms with van der Waals surface area (Å²) in [5.41, 5.74) is 0.914. The highest BCUT2D eigenvalue weighted by molar-refractivity contribution is 8.00. The van der Waals surface area contributed by atoms with Crippen LogP contribution in [0.4, 0.5) is 14.5 Å². The van der Waals surface area contributed by atoms with Gasteiger partial charge in [0.05, 0.1) is 10.6 Å². The van der Waals surface area contributed by atoms with E-state index in [0.29, 0.717) is 5.02 Å². The van der Waals surface area contributed by atoms with E-state index < -0.39 is 11.8 Å². The molecule has 0 saturated carbocycles. The van der Waals surface area contributed by atoms with Crippen molar-refractivity contribution in [3.05, 3.63) is 52.9 Å². The molecule has 3 aromatic rings. The van der Waals surface area contributed by atoms with E-state index in [2.05, 4.69) is 14.7 Å². The fraction of sp³-hybridized carbons (Fsp3) is 0.0714. The number of halogens is 3. The summed E-state index contributed by atoms with van der Waals surface area (Å²) < 4.78 is 29.8. The lowest BCUT2D eigenvalue weighted by Crippen LogP contribution is -1.98. The van der Waals surface area contributed by atoms with Crippen molar-refractivity contribution >= 4 is 40.1 Å². The minimum absolute atomic E-state index is 0.00594. The number of aryl methyl sites for hydroxylation is 1. The van der Waals surface area contributed by atoms with Crippen molar-refractivity contribution in [1.82, 2.24) is 9.97 Å². The molecule has 0 bridgehead atoms. The van der Waals surface area contributed by atoms with Gasteiger partial charge in [-0.2, -0.15) is 4.39 Å². The highest BCUT2D eigenvalue weighted by Gasteiger charge is 2.10. The van der Waals surface area contributed by atoms with Gasteiger partial charge < -0.3 is 9.71 Å². The summed E-state index contributed by atoms with van der Waals surface area (Å²) in [6, 6.07) is 6.53. The average Bonchev–Trinajstić information content (AvgIpc) is 2.83. The third kappa shape index (κ3) is 2.82. The van der Waals surface area contributed by atoms with Crippen molar-refractivity contribution in [1.29, 1.82) is 0 Å². The molecule has 0 saturated heterocycles. The lowest BCUT2D eigenvalue weighted by molar-refractivity contribution is 0.555. The number of benzene rings is 1. The molecular formula is C14H10ClF2N3S. The number of aromatic nitrogens is 2. The Kier molecular flexibility index (Phi) is 3.73. The normalized spacial score (nSPS) is 11.0. The van der Waals surface area contributed by atoms with E-state index in [9.17, 15) is 8.78 Å². The molecule has 0 radical (unpaired) electrons. The van der Waals surface area contributed by atoms with Crippen LogP contribution in [0.25, 0.3) is 10.9 Å². The number of hydrogen-bond acceptors (Lipinski definition) is 3. The largest absolute Gasteiger partial charge is 0.360 e. The Morgan fingerprint density at radius 2 is 2.10 bits per heavy atom. The fourth-order valence-electron chi connectivity index (χ4n) is 1.89. The van der Waals surface area contributed by atoms with Crippen LogP contribution >= 0.6 is 23.5 Å². The van der Waals surface area contributed by atoms with Crippen LogP contribution in [0.5, 0.6) is 0 Å². The Morgan fingerprint density at radius 3 is 2.90 bits per heavy atom. The predicted octanol–water partition coefficient (Wildman–Crippen LogP) is 4.92. The molecule has 0 atom stereocenters. The van der Waals surface area contributed by atoms with Gasteiger partial charge >= 0.3 is 0 Å². The van der Waals surface area contributed by atoms with Crippen LogP contribution in [0.1, 0.15) is 5.69 Å². The van der Waals surface area contributed by atoms with Crippen molar-refractivity contribution in [3.63, 3.8) is 0 Å². The van der Waals surface area contributed by atoms with Gasteiger partial charge in [0.1, 0.15) is 11.5 Å². The van der Waals surface area contributed by atoms with E-state index in [0.717, 1.165) is 21.9 Å². The van der Waals surface area contributed by atoms with Gasteiger partial charge in [0.25, 0.3) is 0 Å². The van der Waals surface area contributed by atoms with Gasteiger partial charge in [-0.15, -0.1) is 0 Å². The minimum Gasteiger partial charge on any atom is -0.360 e. The maximum atomic E-state index is 13.6. The van der Waals surface area contributed by atoms with Crippen LogP contribution in [-0.4, -0.2) is 9.97 Å². The van der Waals surface area contributed by atoms with E-state index in [1.165, 1.54) is 18.9 Å². The predicted molar refractivity (Wildman–Crippen MR) is 81.7 cm³/mol. The Hall–Kier alpha value is -1.79. The minimum atomic E-state index is -0.732. The average molecular weight is 326 g/mol. The van der Waals surface area contributed by atoms with Crippen LogP contribution in [0.15, 0.2) is 35.4 Å². The highest BCUT2D eigenvalue weighted by Crippen LogP contribution is 2.31. The third-order valence-corrected chi connectivity index (χ3v) is 4.10. The molecule has 3 rings (SSSR count). The van der Waals surface area contributed by atoms with Crippen molar-refractivity contribution < 1.29 is 8.78 Å². The first-order valence-corrected chi connectivity index (χ1v) is 7.26. The van der Waals surface area contributed by atoms with E-state index in [1.807, 2.05) is 6.07 Å². The quantitative estimate of drug-likeness (QED) is 0.530. The van der Waals surface area contributed by atoms with Crippen LogP contribution in [0.3, 0.4) is 0 Å². The number of pyridine rings is 1. The number of aromatic amines is 1. The Balaban J connectivity index is 1.85. The van der Waals surface area contributed by atoms with Gasteiger partial charge in [0, 0.05) is 28.2 Å².